The molecule has 242 valence electrons. The van der Waals surface area contributed by atoms with Gasteiger partial charge >= 0.3 is 15.6 Å². The summed E-state index contributed by atoms with van der Waals surface area (Å²) in [6.45, 7) is 4.45. The van der Waals surface area contributed by atoms with E-state index in [-0.39, 0.29) is 24.7 Å². The Morgan fingerprint density at radius 1 is 0.761 bits per heavy atom. The number of benzene rings is 2. The molecular formula is C34H38N2O8P2. The highest BCUT2D eigenvalue weighted by Gasteiger charge is 2.41. The van der Waals surface area contributed by atoms with Gasteiger partial charge in [0.05, 0.1) is 31.0 Å². The highest BCUT2D eigenvalue weighted by atomic mass is 31.2. The molecule has 2 aromatic carbocycles. The summed E-state index contributed by atoms with van der Waals surface area (Å²) in [6.07, 6.45) is 10.3. The Hall–Kier alpha value is -3.36. The van der Waals surface area contributed by atoms with E-state index in [2.05, 4.69) is 16.9 Å². The third kappa shape index (κ3) is 7.95. The first-order chi connectivity index (χ1) is 22.3. The molecule has 2 fully saturated rings. The van der Waals surface area contributed by atoms with Gasteiger partial charge in [0.1, 0.15) is 11.5 Å². The van der Waals surface area contributed by atoms with Gasteiger partial charge in [-0.25, -0.2) is 9.13 Å². The van der Waals surface area contributed by atoms with Crippen molar-refractivity contribution in [2.45, 2.75) is 64.6 Å². The van der Waals surface area contributed by atoms with E-state index in [1.165, 1.54) is 0 Å². The fraction of sp³-hybridized carbons (Fsp3) is 0.353. The molecule has 4 heterocycles. The van der Waals surface area contributed by atoms with Gasteiger partial charge in [-0.15, -0.1) is 0 Å². The molecule has 0 bridgehead atoms. The van der Waals surface area contributed by atoms with Crippen molar-refractivity contribution in [2.75, 3.05) is 13.2 Å². The molecule has 2 aliphatic heterocycles. The third-order valence-electron chi connectivity index (χ3n) is 7.85. The molecule has 4 aromatic rings. The Balaban J connectivity index is 1.40. The number of hydrogen-bond donors (Lipinski definition) is 0. The van der Waals surface area contributed by atoms with E-state index in [0.717, 1.165) is 41.5 Å². The number of phosphoric ester groups is 2. The number of unbranched alkanes of at least 4 members (excludes halogenated alkanes) is 2. The molecule has 0 N–H and O–H groups in total. The lowest BCUT2D eigenvalue weighted by atomic mass is 9.98. The number of nitrogens with zero attached hydrogens (tertiary/aromatic N) is 2. The molecular weight excluding hydrogens is 626 g/mol. The van der Waals surface area contributed by atoms with Gasteiger partial charge in [0.2, 0.25) is 0 Å². The fourth-order valence-electron chi connectivity index (χ4n) is 5.57. The van der Waals surface area contributed by atoms with Crippen LogP contribution in [-0.2, 0) is 33.6 Å². The van der Waals surface area contributed by atoms with E-state index in [1.54, 1.807) is 24.8 Å². The highest BCUT2D eigenvalue weighted by molar-refractivity contribution is 7.49. The van der Waals surface area contributed by atoms with E-state index in [1.807, 2.05) is 67.6 Å². The summed E-state index contributed by atoms with van der Waals surface area (Å²) in [5.41, 5.74) is 4.61. The van der Waals surface area contributed by atoms with Gasteiger partial charge in [0.15, 0.2) is 0 Å². The first-order valence-corrected chi connectivity index (χ1v) is 18.5. The van der Waals surface area contributed by atoms with E-state index in [4.69, 9.17) is 27.1 Å². The molecule has 0 aliphatic carbocycles. The molecule has 0 spiro atoms. The van der Waals surface area contributed by atoms with Crippen LogP contribution >= 0.6 is 15.6 Å². The topological polar surface area (TPSA) is 115 Å². The monoisotopic (exact) mass is 664 g/mol. The molecule has 4 unspecified atom stereocenters. The first kappa shape index (κ1) is 32.6. The normalized spacial score (nSPS) is 24.7. The first-order valence-electron chi connectivity index (χ1n) is 15.6. The second-order valence-electron chi connectivity index (χ2n) is 11.4. The van der Waals surface area contributed by atoms with Crippen LogP contribution in [0.15, 0.2) is 85.5 Å². The number of aryl methyl sites for hydroxylation is 2. The molecule has 0 saturated carbocycles. The van der Waals surface area contributed by atoms with Crippen molar-refractivity contribution < 1.29 is 36.3 Å². The second kappa shape index (κ2) is 14.6. The van der Waals surface area contributed by atoms with Crippen LogP contribution in [0, 0.1) is 6.92 Å². The number of pyridine rings is 2. The summed E-state index contributed by atoms with van der Waals surface area (Å²) in [5.74, 6) is 0.449. The molecule has 6 rings (SSSR count). The minimum Gasteiger partial charge on any atom is -0.403 e. The summed E-state index contributed by atoms with van der Waals surface area (Å²) >= 11 is 0. The van der Waals surface area contributed by atoms with Crippen molar-refractivity contribution in [3.05, 3.63) is 108 Å². The van der Waals surface area contributed by atoms with Gasteiger partial charge < -0.3 is 9.05 Å². The number of phosphoric acid groups is 2. The van der Waals surface area contributed by atoms with E-state index < -0.39 is 27.9 Å². The van der Waals surface area contributed by atoms with Crippen LogP contribution in [0.25, 0.3) is 11.1 Å². The maximum atomic E-state index is 14.1. The van der Waals surface area contributed by atoms with E-state index in [0.29, 0.717) is 30.4 Å². The lowest BCUT2D eigenvalue weighted by Crippen LogP contribution is -2.17. The van der Waals surface area contributed by atoms with Gasteiger partial charge in [-0.05, 0) is 78.4 Å². The Morgan fingerprint density at radius 2 is 1.30 bits per heavy atom. The van der Waals surface area contributed by atoms with Gasteiger partial charge in [-0.3, -0.25) is 28.1 Å². The zero-order valence-electron chi connectivity index (χ0n) is 25.9. The van der Waals surface area contributed by atoms with Crippen molar-refractivity contribution in [1.82, 2.24) is 9.97 Å². The molecule has 0 radical (unpaired) electrons. The lowest BCUT2D eigenvalue weighted by molar-refractivity contribution is 0.0508. The Bertz CT molecular complexity index is 1630. The highest BCUT2D eigenvalue weighted by Crippen LogP contribution is 2.61. The van der Waals surface area contributed by atoms with Crippen molar-refractivity contribution in [2.24, 2.45) is 0 Å². The number of aromatic nitrogens is 2. The SMILES string of the molecule is CCCCCc1cc(OP2(=O)OCCC(c3ccncc3)O2)c(-c2cccc(C)c2)c(OP2(=O)OCCC(c3ccncc3)O2)c1. The fourth-order valence-corrected chi connectivity index (χ4v) is 8.38. The number of rotatable bonds is 11. The Kier molecular flexibility index (Phi) is 10.3. The Morgan fingerprint density at radius 3 is 1.80 bits per heavy atom. The molecule has 2 aliphatic rings. The summed E-state index contributed by atoms with van der Waals surface area (Å²) in [5, 5.41) is 0. The molecule has 4 atom stereocenters. The van der Waals surface area contributed by atoms with Gasteiger partial charge in [-0.2, -0.15) is 0 Å². The molecule has 12 heteroatoms. The minimum absolute atomic E-state index is 0.177. The standard InChI is InChI=1S/C34H38N2O8P2/c1-3-4-5-8-26-23-32(43-45(37)39-20-14-30(41-45)27-10-16-35-17-11-27)34(29-9-6-7-25(2)22-29)33(24-26)44-46(38)40-21-15-31(42-46)28-12-18-36-19-13-28/h6-7,9-13,16-19,22-24,30-31H,3-5,8,14-15,20-21H2,1-2H3. The predicted molar refractivity (Wildman–Crippen MR) is 174 cm³/mol. The largest absolute Gasteiger partial charge is 0.530 e. The van der Waals surface area contributed by atoms with E-state index >= 15 is 0 Å². The van der Waals surface area contributed by atoms with Gasteiger partial charge in [0, 0.05) is 37.6 Å². The van der Waals surface area contributed by atoms with Gasteiger partial charge in [0.25, 0.3) is 0 Å². The smallest absolute Gasteiger partial charge is 0.403 e. The third-order valence-corrected chi connectivity index (χ3v) is 10.7. The zero-order chi connectivity index (χ0) is 32.0. The van der Waals surface area contributed by atoms with Crippen molar-refractivity contribution in [3.63, 3.8) is 0 Å². The van der Waals surface area contributed by atoms with Crippen LogP contribution < -0.4 is 9.05 Å². The van der Waals surface area contributed by atoms with Crippen LogP contribution in [-0.4, -0.2) is 23.2 Å². The van der Waals surface area contributed by atoms with Crippen LogP contribution in [0.3, 0.4) is 0 Å². The summed E-state index contributed by atoms with van der Waals surface area (Å²) in [7, 11) is -8.22. The van der Waals surface area contributed by atoms with Crippen LogP contribution in [0.1, 0.15) is 73.5 Å². The molecule has 0 amide bonds. The molecule has 2 saturated heterocycles. The zero-order valence-corrected chi connectivity index (χ0v) is 27.7. The average Bonchev–Trinajstić information content (AvgIpc) is 3.05. The minimum atomic E-state index is -4.11. The second-order valence-corrected chi connectivity index (χ2v) is 14.5. The number of hydrogen-bond acceptors (Lipinski definition) is 10. The summed E-state index contributed by atoms with van der Waals surface area (Å²) < 4.78 is 64.2. The molecule has 2 aromatic heterocycles. The quantitative estimate of drug-likeness (QED) is 0.113. The maximum absolute atomic E-state index is 14.1. The van der Waals surface area contributed by atoms with Crippen molar-refractivity contribution >= 4 is 15.6 Å². The molecule has 10 nitrogen and oxygen atoms in total. The van der Waals surface area contributed by atoms with Gasteiger partial charge in [-0.1, -0.05) is 49.6 Å². The molecule has 46 heavy (non-hydrogen) atoms. The Labute approximate surface area is 269 Å². The lowest BCUT2D eigenvalue weighted by Gasteiger charge is -2.31. The average molecular weight is 665 g/mol. The van der Waals surface area contributed by atoms with Crippen LogP contribution in [0.5, 0.6) is 11.5 Å². The van der Waals surface area contributed by atoms with Crippen LogP contribution in [0.2, 0.25) is 0 Å². The van der Waals surface area contributed by atoms with Crippen molar-refractivity contribution in [1.29, 1.82) is 0 Å². The van der Waals surface area contributed by atoms with E-state index in [9.17, 15) is 9.13 Å². The van der Waals surface area contributed by atoms with Crippen molar-refractivity contribution in [3.8, 4) is 22.6 Å². The predicted octanol–water partition coefficient (Wildman–Crippen LogP) is 9.51. The maximum Gasteiger partial charge on any atom is 0.530 e. The van der Waals surface area contributed by atoms with Crippen LogP contribution in [0.4, 0.5) is 0 Å². The summed E-state index contributed by atoms with van der Waals surface area (Å²) in [4.78, 5) is 8.15. The summed E-state index contributed by atoms with van der Waals surface area (Å²) in [6, 6.07) is 18.6.